The highest BCUT2D eigenvalue weighted by Gasteiger charge is 2.19. The molecule has 0 aliphatic carbocycles. The van der Waals surface area contributed by atoms with Crippen LogP contribution in [0.4, 0.5) is 5.82 Å². The number of carbonyl (C=O) groups is 1. The monoisotopic (exact) mass is 207 g/mol. The lowest BCUT2D eigenvalue weighted by atomic mass is 10.1. The molecule has 0 saturated carbocycles. The average Bonchev–Trinajstić information content (AvgIpc) is 2.15. The normalized spacial score (nSPS) is 9.60. The van der Waals surface area contributed by atoms with Gasteiger partial charge in [0.1, 0.15) is 17.5 Å². The van der Waals surface area contributed by atoms with E-state index in [0.717, 1.165) is 0 Å². The number of aromatic nitrogens is 1. The van der Waals surface area contributed by atoms with Crippen molar-refractivity contribution in [1.82, 2.24) is 4.68 Å². The van der Waals surface area contributed by atoms with E-state index in [1.807, 2.05) is 0 Å². The molecule has 0 spiro atoms. The average molecular weight is 207 g/mol. The van der Waals surface area contributed by atoms with Crippen LogP contribution in [0.15, 0.2) is 4.79 Å². The molecule has 0 radical (unpaired) electrons. The van der Waals surface area contributed by atoms with Crippen LogP contribution in [-0.4, -0.2) is 10.6 Å². The van der Waals surface area contributed by atoms with E-state index in [0.29, 0.717) is 4.68 Å². The number of nitriles is 1. The number of rotatable bonds is 1. The number of hydrogen-bond acceptors (Lipinski definition) is 5. The van der Waals surface area contributed by atoms with Crippen molar-refractivity contribution in [2.45, 2.75) is 6.92 Å². The number of carbonyl (C=O) groups excluding carboxylic acids is 1. The van der Waals surface area contributed by atoms with Gasteiger partial charge in [-0.3, -0.25) is 9.59 Å². The maximum Gasteiger partial charge on any atom is 0.288 e. The van der Waals surface area contributed by atoms with Gasteiger partial charge in [0.2, 0.25) is 0 Å². The Balaban J connectivity index is 3.87. The van der Waals surface area contributed by atoms with Crippen LogP contribution in [-0.2, 0) is 0 Å². The van der Waals surface area contributed by atoms with Crippen LogP contribution in [0.1, 0.15) is 21.5 Å². The van der Waals surface area contributed by atoms with Crippen LogP contribution in [0.25, 0.3) is 0 Å². The molecule has 0 unspecified atom stereocenters. The van der Waals surface area contributed by atoms with E-state index in [2.05, 4.69) is 0 Å². The number of nitrogens with zero attached hydrogens (tertiary/aromatic N) is 2. The van der Waals surface area contributed by atoms with Crippen LogP contribution in [0, 0.1) is 18.3 Å². The molecule has 0 aromatic carbocycles. The third kappa shape index (κ3) is 1.38. The van der Waals surface area contributed by atoms with Crippen LogP contribution in [0.3, 0.4) is 0 Å². The molecule has 1 rings (SSSR count). The molecule has 0 aliphatic rings. The van der Waals surface area contributed by atoms with E-state index in [4.69, 9.17) is 22.6 Å². The Morgan fingerprint density at radius 1 is 1.53 bits per heavy atom. The fourth-order valence-corrected chi connectivity index (χ4v) is 1.27. The lowest BCUT2D eigenvalue weighted by molar-refractivity contribution is 0.1000. The second-order valence-corrected chi connectivity index (χ2v) is 2.91. The Hall–Kier alpha value is -2.49. The van der Waals surface area contributed by atoms with Crippen LogP contribution < -0.4 is 22.9 Å². The highest BCUT2D eigenvalue weighted by atomic mass is 16.1. The van der Waals surface area contributed by atoms with E-state index in [1.54, 1.807) is 6.07 Å². The van der Waals surface area contributed by atoms with Gasteiger partial charge in [0.15, 0.2) is 0 Å². The SMILES string of the molecule is Cc1c(C(N)=O)c(N)n(N)c(=O)c1C#N. The Kier molecular flexibility index (Phi) is 2.36. The molecule has 1 amide bonds. The number of primary amides is 1. The molecule has 0 aliphatic heterocycles. The molecule has 1 heterocycles. The highest BCUT2D eigenvalue weighted by Crippen LogP contribution is 2.14. The molecule has 0 bridgehead atoms. The quantitative estimate of drug-likeness (QED) is 0.476. The second-order valence-electron chi connectivity index (χ2n) is 2.91. The summed E-state index contributed by atoms with van der Waals surface area (Å²) in [5.41, 5.74) is 9.55. The number of hydrogen-bond donors (Lipinski definition) is 3. The van der Waals surface area contributed by atoms with E-state index in [-0.39, 0.29) is 22.5 Å². The Morgan fingerprint density at radius 2 is 2.07 bits per heavy atom. The minimum Gasteiger partial charge on any atom is -0.383 e. The van der Waals surface area contributed by atoms with Gasteiger partial charge in [-0.1, -0.05) is 0 Å². The number of amides is 1. The molecule has 78 valence electrons. The maximum absolute atomic E-state index is 11.4. The summed E-state index contributed by atoms with van der Waals surface area (Å²) in [7, 11) is 0. The van der Waals surface area contributed by atoms with Crippen molar-refractivity contribution in [3.05, 3.63) is 27.0 Å². The smallest absolute Gasteiger partial charge is 0.288 e. The molecule has 0 fully saturated rings. The minimum atomic E-state index is -0.833. The van der Waals surface area contributed by atoms with Crippen LogP contribution >= 0.6 is 0 Å². The highest BCUT2D eigenvalue weighted by molar-refractivity contribution is 5.99. The van der Waals surface area contributed by atoms with E-state index in [1.165, 1.54) is 6.92 Å². The van der Waals surface area contributed by atoms with Crippen molar-refractivity contribution in [2.75, 3.05) is 11.6 Å². The summed E-state index contributed by atoms with van der Waals surface area (Å²) >= 11 is 0. The van der Waals surface area contributed by atoms with E-state index >= 15 is 0 Å². The molecule has 1 aromatic rings. The Bertz CT molecular complexity index is 537. The molecular formula is C8H9N5O2. The first-order chi connectivity index (χ1) is 6.91. The first-order valence-electron chi connectivity index (χ1n) is 3.91. The lowest BCUT2D eigenvalue weighted by Crippen LogP contribution is -2.35. The molecule has 0 saturated heterocycles. The van der Waals surface area contributed by atoms with E-state index < -0.39 is 11.5 Å². The van der Waals surface area contributed by atoms with Crippen molar-refractivity contribution < 1.29 is 4.79 Å². The first-order valence-corrected chi connectivity index (χ1v) is 3.91. The number of pyridine rings is 1. The predicted octanol–water partition coefficient (Wildman–Crippen LogP) is -1.58. The van der Waals surface area contributed by atoms with Crippen molar-refractivity contribution in [1.29, 1.82) is 5.26 Å². The zero-order valence-corrected chi connectivity index (χ0v) is 7.94. The molecular weight excluding hydrogens is 198 g/mol. The summed E-state index contributed by atoms with van der Waals surface area (Å²) in [6.45, 7) is 1.41. The van der Waals surface area contributed by atoms with Gasteiger partial charge in [-0.2, -0.15) is 5.26 Å². The van der Waals surface area contributed by atoms with Gasteiger partial charge in [-0.15, -0.1) is 0 Å². The second kappa shape index (κ2) is 3.34. The maximum atomic E-state index is 11.4. The minimum absolute atomic E-state index is 0.103. The van der Waals surface area contributed by atoms with Crippen molar-refractivity contribution in [2.24, 2.45) is 5.73 Å². The van der Waals surface area contributed by atoms with Crippen molar-refractivity contribution in [3.8, 4) is 6.07 Å². The fraction of sp³-hybridized carbons (Fsp3) is 0.125. The van der Waals surface area contributed by atoms with Gasteiger partial charge < -0.3 is 17.3 Å². The van der Waals surface area contributed by atoms with Crippen LogP contribution in [0.5, 0.6) is 0 Å². The summed E-state index contributed by atoms with van der Waals surface area (Å²) in [4.78, 5) is 22.4. The van der Waals surface area contributed by atoms with Gasteiger partial charge in [-0.05, 0) is 12.5 Å². The predicted molar refractivity (Wildman–Crippen MR) is 53.2 cm³/mol. The van der Waals surface area contributed by atoms with Gasteiger partial charge in [0.05, 0.1) is 5.56 Å². The van der Waals surface area contributed by atoms with Crippen molar-refractivity contribution in [3.63, 3.8) is 0 Å². The zero-order valence-electron chi connectivity index (χ0n) is 7.94. The first kappa shape index (κ1) is 10.6. The summed E-state index contributed by atoms with van der Waals surface area (Å²) in [6.07, 6.45) is 0. The third-order valence-electron chi connectivity index (χ3n) is 2.06. The molecule has 1 aromatic heterocycles. The van der Waals surface area contributed by atoms with Gasteiger partial charge >= 0.3 is 0 Å². The molecule has 15 heavy (non-hydrogen) atoms. The number of nitrogens with two attached hydrogens (primary N) is 3. The standard InChI is InChI=1S/C8H9N5O2/c1-3-4(2-9)8(15)13(12)6(10)5(3)7(11)14/h10,12H2,1H3,(H2,11,14). The Labute approximate surface area is 84.7 Å². The lowest BCUT2D eigenvalue weighted by Gasteiger charge is -2.10. The van der Waals surface area contributed by atoms with E-state index in [9.17, 15) is 9.59 Å². The largest absolute Gasteiger partial charge is 0.383 e. The number of anilines is 1. The van der Waals surface area contributed by atoms with Crippen molar-refractivity contribution >= 4 is 11.7 Å². The summed E-state index contributed by atoms with van der Waals surface area (Å²) in [6, 6.07) is 1.65. The fourth-order valence-electron chi connectivity index (χ4n) is 1.27. The summed E-state index contributed by atoms with van der Waals surface area (Å²) < 4.78 is 0.533. The molecule has 6 N–H and O–H groups in total. The zero-order chi connectivity index (χ0) is 11.7. The summed E-state index contributed by atoms with van der Waals surface area (Å²) in [5.74, 6) is 4.21. The molecule has 7 heteroatoms. The summed E-state index contributed by atoms with van der Waals surface area (Å²) in [5, 5.41) is 8.71. The topological polar surface area (TPSA) is 141 Å². The molecule has 0 atom stereocenters. The van der Waals surface area contributed by atoms with Gasteiger partial charge in [0, 0.05) is 0 Å². The van der Waals surface area contributed by atoms with Gasteiger partial charge in [-0.25, -0.2) is 4.68 Å². The molecule has 7 nitrogen and oxygen atoms in total. The van der Waals surface area contributed by atoms with Crippen LogP contribution in [0.2, 0.25) is 0 Å². The third-order valence-corrected chi connectivity index (χ3v) is 2.06. The Morgan fingerprint density at radius 3 is 2.47 bits per heavy atom. The number of nitrogen functional groups attached to an aromatic ring is 2. The van der Waals surface area contributed by atoms with Gasteiger partial charge in [0.25, 0.3) is 11.5 Å².